The molecule has 3 aromatic rings. The molecule has 1 aromatic heterocycles. The second-order valence-corrected chi connectivity index (χ2v) is 7.78. The van der Waals surface area contributed by atoms with Crippen LogP contribution in [0, 0.1) is 0 Å². The summed E-state index contributed by atoms with van der Waals surface area (Å²) in [6.07, 6.45) is 3.79. The molecular weight excluding hydrogens is 422 g/mol. The summed E-state index contributed by atoms with van der Waals surface area (Å²) in [5.41, 5.74) is 7.34. The lowest BCUT2D eigenvalue weighted by molar-refractivity contribution is -0.117. The van der Waals surface area contributed by atoms with E-state index >= 15 is 0 Å². The Kier molecular flexibility index (Phi) is 6.02. The molecule has 0 aliphatic carbocycles. The van der Waals surface area contributed by atoms with Crippen molar-refractivity contribution in [3.63, 3.8) is 0 Å². The van der Waals surface area contributed by atoms with Crippen LogP contribution in [0.1, 0.15) is 11.1 Å². The SMILES string of the molecule is O=C(/C=C/Cc1ccsc1)NNC(=O)N1Cc2ccccc2Oc2ccc(Cl)cc21. The van der Waals surface area contributed by atoms with Crippen molar-refractivity contribution in [3.05, 3.63) is 87.6 Å². The average Bonchev–Trinajstić information content (AvgIpc) is 3.20. The van der Waals surface area contributed by atoms with Gasteiger partial charge in [-0.3, -0.25) is 15.1 Å². The third kappa shape index (κ3) is 4.64. The summed E-state index contributed by atoms with van der Waals surface area (Å²) in [6.45, 7) is 0.263. The summed E-state index contributed by atoms with van der Waals surface area (Å²) in [4.78, 5) is 26.4. The van der Waals surface area contributed by atoms with Crippen LogP contribution in [0.5, 0.6) is 11.5 Å². The van der Waals surface area contributed by atoms with Crippen molar-refractivity contribution in [2.45, 2.75) is 13.0 Å². The number of nitrogens with zero attached hydrogens (tertiary/aromatic N) is 1. The van der Waals surface area contributed by atoms with Crippen LogP contribution in [0.15, 0.2) is 71.4 Å². The average molecular weight is 440 g/mol. The van der Waals surface area contributed by atoms with Crippen LogP contribution < -0.4 is 20.5 Å². The molecule has 1 aliphatic rings. The monoisotopic (exact) mass is 439 g/mol. The van der Waals surface area contributed by atoms with Crippen LogP contribution in [0.4, 0.5) is 10.5 Å². The summed E-state index contributed by atoms with van der Waals surface area (Å²) in [7, 11) is 0. The zero-order valence-electron chi connectivity index (χ0n) is 15.8. The van der Waals surface area contributed by atoms with Gasteiger partial charge in [-0.1, -0.05) is 35.9 Å². The van der Waals surface area contributed by atoms with Crippen molar-refractivity contribution in [1.29, 1.82) is 0 Å². The van der Waals surface area contributed by atoms with Gasteiger partial charge in [0.25, 0.3) is 5.91 Å². The lowest BCUT2D eigenvalue weighted by atomic mass is 10.2. The van der Waals surface area contributed by atoms with Gasteiger partial charge in [0.05, 0.1) is 12.2 Å². The van der Waals surface area contributed by atoms with Gasteiger partial charge in [-0.05, 0) is 53.1 Å². The first-order chi connectivity index (χ1) is 14.6. The first-order valence-corrected chi connectivity index (χ1v) is 10.5. The molecule has 0 spiro atoms. The number of ether oxygens (including phenoxy) is 1. The van der Waals surface area contributed by atoms with Crippen molar-refractivity contribution >= 4 is 40.6 Å². The van der Waals surface area contributed by atoms with Crippen molar-refractivity contribution < 1.29 is 14.3 Å². The summed E-state index contributed by atoms with van der Waals surface area (Å²) in [6, 6.07) is 14.0. The van der Waals surface area contributed by atoms with E-state index in [1.54, 1.807) is 35.6 Å². The molecule has 0 bridgehead atoms. The van der Waals surface area contributed by atoms with Gasteiger partial charge in [-0.2, -0.15) is 11.3 Å². The van der Waals surface area contributed by atoms with Crippen molar-refractivity contribution in [2.75, 3.05) is 4.90 Å². The smallest absolute Gasteiger partial charge is 0.341 e. The third-order valence-corrected chi connectivity index (χ3v) is 5.44. The van der Waals surface area contributed by atoms with E-state index < -0.39 is 11.9 Å². The molecular formula is C22H18ClN3O3S. The Morgan fingerprint density at radius 2 is 2.00 bits per heavy atom. The number of urea groups is 1. The number of anilines is 1. The van der Waals surface area contributed by atoms with E-state index in [2.05, 4.69) is 10.9 Å². The number of rotatable bonds is 3. The number of benzene rings is 2. The maximum absolute atomic E-state index is 12.9. The fraction of sp³-hybridized carbons (Fsp3) is 0.0909. The topological polar surface area (TPSA) is 70.7 Å². The summed E-state index contributed by atoms with van der Waals surface area (Å²) in [5.74, 6) is 0.745. The number of hydrazine groups is 1. The summed E-state index contributed by atoms with van der Waals surface area (Å²) in [5, 5.41) is 4.48. The van der Waals surface area contributed by atoms with E-state index in [0.29, 0.717) is 28.6 Å². The maximum Gasteiger partial charge on any atom is 0.341 e. The molecule has 4 rings (SSSR count). The molecule has 6 nitrogen and oxygen atoms in total. The van der Waals surface area contributed by atoms with Gasteiger partial charge in [0.1, 0.15) is 5.75 Å². The highest BCUT2D eigenvalue weighted by Gasteiger charge is 2.25. The number of carbonyl (C=O) groups excluding carboxylic acids is 2. The molecule has 0 fully saturated rings. The quantitative estimate of drug-likeness (QED) is 0.443. The number of fused-ring (bicyclic) bond motifs is 2. The number of hydrogen-bond acceptors (Lipinski definition) is 4. The lowest BCUT2D eigenvalue weighted by Gasteiger charge is -2.22. The molecule has 2 N–H and O–H groups in total. The molecule has 2 heterocycles. The Balaban J connectivity index is 1.46. The van der Waals surface area contributed by atoms with E-state index in [4.69, 9.17) is 16.3 Å². The minimum absolute atomic E-state index is 0.263. The highest BCUT2D eigenvalue weighted by molar-refractivity contribution is 7.07. The predicted molar refractivity (Wildman–Crippen MR) is 118 cm³/mol. The zero-order valence-corrected chi connectivity index (χ0v) is 17.4. The highest BCUT2D eigenvalue weighted by Crippen LogP contribution is 2.40. The van der Waals surface area contributed by atoms with E-state index in [1.165, 1.54) is 11.0 Å². The van der Waals surface area contributed by atoms with E-state index in [1.807, 2.05) is 41.1 Å². The van der Waals surface area contributed by atoms with Crippen LogP contribution in [-0.4, -0.2) is 11.9 Å². The third-order valence-electron chi connectivity index (χ3n) is 4.47. The standard InChI is InChI=1S/C22H18ClN3O3S/c23-17-8-9-20-18(12-17)26(13-16-5-1-2-6-19(16)29-20)22(28)25-24-21(27)7-3-4-15-10-11-30-14-15/h1-3,5-12,14H,4,13H2,(H,24,27)(H,25,28)/b7-3+. The molecule has 1 aliphatic heterocycles. The van der Waals surface area contributed by atoms with Gasteiger partial charge in [0, 0.05) is 16.7 Å². The van der Waals surface area contributed by atoms with E-state index in [0.717, 1.165) is 11.1 Å². The highest BCUT2D eigenvalue weighted by atomic mass is 35.5. The number of amides is 3. The Hall–Kier alpha value is -3.29. The largest absolute Gasteiger partial charge is 0.455 e. The van der Waals surface area contributed by atoms with Gasteiger partial charge < -0.3 is 4.74 Å². The number of hydrogen-bond donors (Lipinski definition) is 2. The van der Waals surface area contributed by atoms with Gasteiger partial charge in [-0.25, -0.2) is 10.2 Å². The number of carbonyl (C=O) groups is 2. The minimum atomic E-state index is -0.501. The van der Waals surface area contributed by atoms with Crippen LogP contribution >= 0.6 is 22.9 Å². The normalized spacial score (nSPS) is 12.5. The van der Waals surface area contributed by atoms with Gasteiger partial charge in [0.2, 0.25) is 0 Å². The molecule has 2 aromatic carbocycles. The molecule has 152 valence electrons. The molecule has 0 unspecified atom stereocenters. The number of para-hydroxylation sites is 1. The zero-order chi connectivity index (χ0) is 20.9. The lowest BCUT2D eigenvalue weighted by Crippen LogP contribution is -2.48. The fourth-order valence-corrected chi connectivity index (χ4v) is 3.86. The molecule has 0 radical (unpaired) electrons. The second kappa shape index (κ2) is 9.02. The van der Waals surface area contributed by atoms with E-state index in [-0.39, 0.29) is 6.54 Å². The number of nitrogens with one attached hydrogen (secondary N) is 2. The van der Waals surface area contributed by atoms with Crippen molar-refractivity contribution in [1.82, 2.24) is 10.9 Å². The molecule has 8 heteroatoms. The Morgan fingerprint density at radius 1 is 1.13 bits per heavy atom. The van der Waals surface area contributed by atoms with Crippen molar-refractivity contribution in [3.8, 4) is 11.5 Å². The molecule has 0 atom stereocenters. The van der Waals surface area contributed by atoms with Gasteiger partial charge >= 0.3 is 6.03 Å². The predicted octanol–water partition coefficient (Wildman–Crippen LogP) is 5.05. The molecule has 0 saturated carbocycles. The minimum Gasteiger partial charge on any atom is -0.455 e. The molecule has 3 amide bonds. The first-order valence-electron chi connectivity index (χ1n) is 9.20. The molecule has 0 saturated heterocycles. The van der Waals surface area contributed by atoms with E-state index in [9.17, 15) is 9.59 Å². The van der Waals surface area contributed by atoms with Gasteiger partial charge in [-0.15, -0.1) is 0 Å². The number of halogens is 1. The van der Waals surface area contributed by atoms with Crippen molar-refractivity contribution in [2.24, 2.45) is 0 Å². The summed E-state index contributed by atoms with van der Waals surface area (Å²) >= 11 is 7.75. The maximum atomic E-state index is 12.9. The Labute approximate surface area is 182 Å². The molecule has 30 heavy (non-hydrogen) atoms. The Bertz CT molecular complexity index is 1100. The van der Waals surface area contributed by atoms with Crippen LogP contribution in [0.3, 0.4) is 0 Å². The fourth-order valence-electron chi connectivity index (χ4n) is 3.01. The summed E-state index contributed by atoms with van der Waals surface area (Å²) < 4.78 is 5.97. The number of thiophene rings is 1. The van der Waals surface area contributed by atoms with Gasteiger partial charge in [0.15, 0.2) is 5.75 Å². The van der Waals surface area contributed by atoms with Crippen LogP contribution in [0.25, 0.3) is 0 Å². The van der Waals surface area contributed by atoms with Crippen LogP contribution in [0.2, 0.25) is 5.02 Å². The first kappa shape index (κ1) is 20.0. The number of allylic oxidation sites excluding steroid dienone is 1. The second-order valence-electron chi connectivity index (χ2n) is 6.57. The van der Waals surface area contributed by atoms with Crippen LogP contribution in [-0.2, 0) is 17.8 Å². The Morgan fingerprint density at radius 3 is 2.83 bits per heavy atom.